The van der Waals surface area contributed by atoms with E-state index in [1.54, 1.807) is 0 Å². The van der Waals surface area contributed by atoms with E-state index < -0.39 is 28.8 Å². The zero-order chi connectivity index (χ0) is 14.8. The molecule has 7 heteroatoms. The Morgan fingerprint density at radius 3 is 2.70 bits per heavy atom. The van der Waals surface area contributed by atoms with Gasteiger partial charge in [0.2, 0.25) is 0 Å². The van der Waals surface area contributed by atoms with Crippen LogP contribution in [-0.4, -0.2) is 36.2 Å². The molecule has 0 spiro atoms. The van der Waals surface area contributed by atoms with Crippen LogP contribution in [0, 0.1) is 0 Å². The smallest absolute Gasteiger partial charge is 0.387 e. The first kappa shape index (κ1) is 14.8. The normalized spacial score (nSPS) is 22.8. The van der Waals surface area contributed by atoms with E-state index in [0.29, 0.717) is 19.5 Å². The molecule has 1 unspecified atom stereocenters. The summed E-state index contributed by atoms with van der Waals surface area (Å²) < 4.78 is 38.4. The lowest BCUT2D eigenvalue weighted by atomic mass is 10.0. The number of carbonyl (C=O) groups excluding carboxylic acids is 1. The summed E-state index contributed by atoms with van der Waals surface area (Å²) in [4.78, 5) is 11.9. The molecule has 0 radical (unpaired) electrons. The first-order valence-corrected chi connectivity index (χ1v) is 6.19. The van der Waals surface area contributed by atoms with Crippen molar-refractivity contribution in [3.8, 4) is 0 Å². The fourth-order valence-corrected chi connectivity index (χ4v) is 2.15. The molecule has 1 fully saturated rings. The quantitative estimate of drug-likeness (QED) is 0.782. The van der Waals surface area contributed by atoms with Crippen molar-refractivity contribution in [2.24, 2.45) is 0 Å². The van der Waals surface area contributed by atoms with Crippen molar-refractivity contribution in [1.29, 1.82) is 0 Å². The number of benzene rings is 1. The molecule has 0 aromatic heterocycles. The van der Waals surface area contributed by atoms with Gasteiger partial charge in [0.05, 0.1) is 16.7 Å². The second kappa shape index (κ2) is 5.41. The molecular weight excluding hydrogens is 273 g/mol. The molecule has 1 aliphatic rings. The van der Waals surface area contributed by atoms with E-state index in [1.165, 1.54) is 12.1 Å². The second-order valence-electron chi connectivity index (χ2n) is 4.88. The topological polar surface area (TPSA) is 61.4 Å². The van der Waals surface area contributed by atoms with Gasteiger partial charge in [-0.25, -0.2) is 0 Å². The molecule has 1 atom stereocenters. The van der Waals surface area contributed by atoms with E-state index in [1.807, 2.05) is 0 Å². The largest absolute Gasteiger partial charge is 0.417 e. The van der Waals surface area contributed by atoms with Crippen LogP contribution in [0.15, 0.2) is 24.3 Å². The number of carbonyl (C=O) groups is 1. The summed E-state index contributed by atoms with van der Waals surface area (Å²) in [6.07, 6.45) is -4.13. The van der Waals surface area contributed by atoms with Crippen molar-refractivity contribution in [1.82, 2.24) is 10.6 Å². The lowest BCUT2D eigenvalue weighted by Crippen LogP contribution is -2.44. The highest BCUT2D eigenvalue weighted by molar-refractivity contribution is 5.95. The molecule has 1 saturated heterocycles. The molecule has 0 saturated carbocycles. The predicted octanol–water partition coefficient (Wildman–Crippen LogP) is 1.16. The minimum absolute atomic E-state index is 0.0783. The van der Waals surface area contributed by atoms with E-state index in [4.69, 9.17) is 0 Å². The third kappa shape index (κ3) is 3.29. The number of alkyl halides is 3. The molecule has 110 valence electrons. The van der Waals surface area contributed by atoms with Gasteiger partial charge in [-0.3, -0.25) is 4.79 Å². The molecule has 1 amide bonds. The van der Waals surface area contributed by atoms with Crippen LogP contribution in [0.2, 0.25) is 0 Å². The number of β-amino-alcohol motifs (C(OH)–C–C–N with tert-alkyl or cyclic N) is 1. The zero-order valence-electron chi connectivity index (χ0n) is 10.6. The molecule has 1 aromatic rings. The van der Waals surface area contributed by atoms with Gasteiger partial charge in [-0.05, 0) is 25.1 Å². The number of hydrogen-bond acceptors (Lipinski definition) is 3. The number of hydrogen-bond donors (Lipinski definition) is 3. The van der Waals surface area contributed by atoms with Gasteiger partial charge < -0.3 is 15.7 Å². The average molecular weight is 288 g/mol. The Hall–Kier alpha value is -1.60. The maximum atomic E-state index is 12.8. The highest BCUT2D eigenvalue weighted by Crippen LogP contribution is 2.31. The van der Waals surface area contributed by atoms with Crippen LogP contribution < -0.4 is 10.6 Å². The van der Waals surface area contributed by atoms with Crippen molar-refractivity contribution in [3.05, 3.63) is 35.4 Å². The number of halogens is 3. The van der Waals surface area contributed by atoms with Crippen molar-refractivity contribution in [2.75, 3.05) is 19.6 Å². The van der Waals surface area contributed by atoms with Crippen LogP contribution in [0.4, 0.5) is 13.2 Å². The summed E-state index contributed by atoms with van der Waals surface area (Å²) in [6, 6.07) is 4.58. The molecule has 1 aromatic carbocycles. The third-order valence-corrected chi connectivity index (χ3v) is 3.28. The monoisotopic (exact) mass is 288 g/mol. The van der Waals surface area contributed by atoms with Gasteiger partial charge in [-0.1, -0.05) is 12.1 Å². The molecule has 3 N–H and O–H groups in total. The fourth-order valence-electron chi connectivity index (χ4n) is 2.15. The summed E-state index contributed by atoms with van der Waals surface area (Å²) in [6.45, 7) is 0.852. The molecular formula is C13H15F3N2O2. The van der Waals surface area contributed by atoms with Crippen molar-refractivity contribution < 1.29 is 23.1 Å². The first-order chi connectivity index (χ1) is 9.32. The van der Waals surface area contributed by atoms with E-state index in [-0.39, 0.29) is 6.54 Å². The minimum Gasteiger partial charge on any atom is -0.387 e. The van der Waals surface area contributed by atoms with Gasteiger partial charge in [0, 0.05) is 13.1 Å². The van der Waals surface area contributed by atoms with Crippen LogP contribution in [0.1, 0.15) is 22.3 Å². The fraction of sp³-hybridized carbons (Fsp3) is 0.462. The standard InChI is InChI=1S/C13H15F3N2O2/c14-13(15,16)10-4-2-1-3-9(10)11(19)18-8-12(20)5-6-17-7-12/h1-4,17,20H,5-8H2,(H,18,19). The summed E-state index contributed by atoms with van der Waals surface area (Å²) in [5.41, 5.74) is -2.51. The van der Waals surface area contributed by atoms with E-state index in [0.717, 1.165) is 12.1 Å². The number of aliphatic hydroxyl groups is 1. The maximum Gasteiger partial charge on any atom is 0.417 e. The van der Waals surface area contributed by atoms with E-state index >= 15 is 0 Å². The molecule has 2 rings (SSSR count). The summed E-state index contributed by atoms with van der Waals surface area (Å²) in [7, 11) is 0. The molecule has 1 heterocycles. The Bertz CT molecular complexity index is 497. The Balaban J connectivity index is 2.10. The van der Waals surface area contributed by atoms with Gasteiger partial charge in [0.1, 0.15) is 0 Å². The van der Waals surface area contributed by atoms with Crippen LogP contribution in [0.5, 0.6) is 0 Å². The van der Waals surface area contributed by atoms with Crippen molar-refractivity contribution in [3.63, 3.8) is 0 Å². The number of amides is 1. The average Bonchev–Trinajstić information content (AvgIpc) is 2.82. The second-order valence-corrected chi connectivity index (χ2v) is 4.88. The molecule has 4 nitrogen and oxygen atoms in total. The third-order valence-electron chi connectivity index (χ3n) is 3.28. The van der Waals surface area contributed by atoms with Gasteiger partial charge in [0.25, 0.3) is 5.91 Å². The summed E-state index contributed by atoms with van der Waals surface area (Å²) >= 11 is 0. The van der Waals surface area contributed by atoms with Crippen molar-refractivity contribution in [2.45, 2.75) is 18.2 Å². The summed E-state index contributed by atoms with van der Waals surface area (Å²) in [5.74, 6) is -0.835. The van der Waals surface area contributed by atoms with Crippen molar-refractivity contribution >= 4 is 5.91 Å². The highest BCUT2D eigenvalue weighted by Gasteiger charge is 2.36. The Kier molecular flexibility index (Phi) is 4.01. The van der Waals surface area contributed by atoms with Gasteiger partial charge in [0.15, 0.2) is 0 Å². The van der Waals surface area contributed by atoms with Crippen LogP contribution in [0.25, 0.3) is 0 Å². The van der Waals surface area contributed by atoms with E-state index in [2.05, 4.69) is 10.6 Å². The Labute approximate surface area is 114 Å². The molecule has 0 bridgehead atoms. The Morgan fingerprint density at radius 2 is 2.10 bits per heavy atom. The minimum atomic E-state index is -4.58. The first-order valence-electron chi connectivity index (χ1n) is 6.19. The lowest BCUT2D eigenvalue weighted by molar-refractivity contribution is -0.137. The number of rotatable bonds is 3. The van der Waals surface area contributed by atoms with Crippen LogP contribution in [-0.2, 0) is 6.18 Å². The van der Waals surface area contributed by atoms with Gasteiger partial charge >= 0.3 is 6.18 Å². The molecule has 0 aliphatic carbocycles. The van der Waals surface area contributed by atoms with Gasteiger partial charge in [-0.15, -0.1) is 0 Å². The lowest BCUT2D eigenvalue weighted by Gasteiger charge is -2.22. The summed E-state index contributed by atoms with van der Waals surface area (Å²) in [5, 5.41) is 15.3. The SMILES string of the molecule is O=C(NCC1(O)CCNC1)c1ccccc1C(F)(F)F. The highest BCUT2D eigenvalue weighted by atomic mass is 19.4. The maximum absolute atomic E-state index is 12.8. The predicted molar refractivity (Wildman–Crippen MR) is 66.2 cm³/mol. The number of nitrogens with one attached hydrogen (secondary N) is 2. The molecule has 1 aliphatic heterocycles. The van der Waals surface area contributed by atoms with Gasteiger partial charge in [-0.2, -0.15) is 13.2 Å². The van der Waals surface area contributed by atoms with E-state index in [9.17, 15) is 23.1 Å². The zero-order valence-corrected chi connectivity index (χ0v) is 10.6. The molecule has 20 heavy (non-hydrogen) atoms. The van der Waals surface area contributed by atoms with Crippen LogP contribution >= 0.6 is 0 Å². The van der Waals surface area contributed by atoms with Crippen LogP contribution in [0.3, 0.4) is 0 Å². The Morgan fingerprint density at radius 1 is 1.40 bits per heavy atom.